The molecular weight excluding hydrogens is 277 g/mol. The molecule has 3 nitrogen and oxygen atoms in total. The molecular formula is C11H11Cl2N3S. The second-order valence-corrected chi connectivity index (χ2v) is 4.88. The van der Waals surface area contributed by atoms with E-state index in [-0.39, 0.29) is 0 Å². The van der Waals surface area contributed by atoms with Gasteiger partial charge in [-0.05, 0) is 24.6 Å². The normalized spacial score (nSPS) is 10.5. The molecule has 0 aliphatic rings. The van der Waals surface area contributed by atoms with Crippen LogP contribution in [0.15, 0.2) is 18.2 Å². The van der Waals surface area contributed by atoms with Crippen molar-refractivity contribution in [3.05, 3.63) is 28.2 Å². The average molecular weight is 288 g/mol. The van der Waals surface area contributed by atoms with E-state index in [0.29, 0.717) is 10.0 Å². The summed E-state index contributed by atoms with van der Waals surface area (Å²) in [4.78, 5) is 0. The van der Waals surface area contributed by atoms with Crippen molar-refractivity contribution in [2.24, 2.45) is 0 Å². The molecule has 0 unspecified atom stereocenters. The highest BCUT2D eigenvalue weighted by atomic mass is 35.5. The lowest BCUT2D eigenvalue weighted by Crippen LogP contribution is -2.01. The van der Waals surface area contributed by atoms with Crippen LogP contribution >= 0.6 is 34.9 Å². The number of nitrogens with one attached hydrogen (secondary N) is 1. The van der Waals surface area contributed by atoms with Gasteiger partial charge in [0.1, 0.15) is 5.69 Å². The molecule has 1 aromatic carbocycles. The van der Waals surface area contributed by atoms with Crippen LogP contribution in [0, 0.1) is 0 Å². The molecule has 2 rings (SSSR count). The predicted octanol–water partition coefficient (Wildman–Crippen LogP) is 4.33. The van der Waals surface area contributed by atoms with Crippen LogP contribution in [0.2, 0.25) is 10.0 Å². The first-order valence-corrected chi connectivity index (χ1v) is 6.73. The Bertz CT molecular complexity index is 513. The minimum absolute atomic E-state index is 0.588. The molecule has 0 saturated heterocycles. The van der Waals surface area contributed by atoms with E-state index in [1.165, 1.54) is 11.7 Å². The van der Waals surface area contributed by atoms with Crippen molar-refractivity contribution < 1.29 is 0 Å². The fraction of sp³-hybridized carbons (Fsp3) is 0.273. The van der Waals surface area contributed by atoms with Gasteiger partial charge in [-0.2, -0.15) is 8.75 Å². The third kappa shape index (κ3) is 2.89. The second kappa shape index (κ2) is 5.67. The quantitative estimate of drug-likeness (QED) is 0.909. The monoisotopic (exact) mass is 287 g/mol. The van der Waals surface area contributed by atoms with Crippen LogP contribution in [-0.2, 0) is 0 Å². The third-order valence-electron chi connectivity index (χ3n) is 2.22. The summed E-state index contributed by atoms with van der Waals surface area (Å²) in [7, 11) is 0. The third-order valence-corrected chi connectivity index (χ3v) is 3.29. The average Bonchev–Trinajstić information content (AvgIpc) is 2.74. The molecule has 6 heteroatoms. The Balaban J connectivity index is 2.35. The molecule has 0 bridgehead atoms. The topological polar surface area (TPSA) is 37.8 Å². The van der Waals surface area contributed by atoms with Crippen molar-refractivity contribution in [2.45, 2.75) is 13.3 Å². The Morgan fingerprint density at radius 1 is 1.29 bits per heavy atom. The number of rotatable bonds is 4. The van der Waals surface area contributed by atoms with Gasteiger partial charge in [-0.3, -0.25) is 0 Å². The van der Waals surface area contributed by atoms with Gasteiger partial charge in [0.15, 0.2) is 5.82 Å². The summed E-state index contributed by atoms with van der Waals surface area (Å²) in [6.45, 7) is 2.96. The summed E-state index contributed by atoms with van der Waals surface area (Å²) < 4.78 is 8.49. The maximum absolute atomic E-state index is 6.15. The molecule has 2 aromatic rings. The van der Waals surface area contributed by atoms with Crippen LogP contribution in [0.1, 0.15) is 13.3 Å². The first-order chi connectivity index (χ1) is 8.22. The van der Waals surface area contributed by atoms with Crippen molar-refractivity contribution >= 4 is 40.7 Å². The minimum atomic E-state index is 0.588. The summed E-state index contributed by atoms with van der Waals surface area (Å²) in [5, 5.41) is 4.43. The molecule has 0 radical (unpaired) electrons. The van der Waals surface area contributed by atoms with Gasteiger partial charge >= 0.3 is 0 Å². The largest absolute Gasteiger partial charge is 0.367 e. The molecule has 0 aliphatic carbocycles. The summed E-state index contributed by atoms with van der Waals surface area (Å²) in [5.74, 6) is 0.779. The number of aromatic nitrogens is 2. The number of hydrogen-bond donors (Lipinski definition) is 1. The Labute approximate surface area is 114 Å². The maximum atomic E-state index is 6.15. The van der Waals surface area contributed by atoms with E-state index in [2.05, 4.69) is 21.0 Å². The SMILES string of the molecule is CCCNc1nsnc1-c1ccc(Cl)cc1Cl. The van der Waals surface area contributed by atoms with Gasteiger partial charge in [-0.25, -0.2) is 0 Å². The lowest BCUT2D eigenvalue weighted by Gasteiger charge is -2.05. The van der Waals surface area contributed by atoms with E-state index >= 15 is 0 Å². The Morgan fingerprint density at radius 3 is 2.82 bits per heavy atom. The summed E-state index contributed by atoms with van der Waals surface area (Å²) in [6, 6.07) is 5.37. The van der Waals surface area contributed by atoms with Crippen LogP contribution in [0.25, 0.3) is 11.3 Å². The smallest absolute Gasteiger partial charge is 0.168 e. The zero-order valence-electron chi connectivity index (χ0n) is 9.20. The highest BCUT2D eigenvalue weighted by molar-refractivity contribution is 6.99. The molecule has 90 valence electrons. The van der Waals surface area contributed by atoms with Gasteiger partial charge in [0.05, 0.1) is 16.8 Å². The van der Waals surface area contributed by atoms with Crippen molar-refractivity contribution in [3.8, 4) is 11.3 Å². The molecule has 1 N–H and O–H groups in total. The van der Waals surface area contributed by atoms with E-state index in [1.54, 1.807) is 12.1 Å². The highest BCUT2D eigenvalue weighted by Gasteiger charge is 2.13. The van der Waals surface area contributed by atoms with E-state index in [1.807, 2.05) is 6.07 Å². The van der Waals surface area contributed by atoms with Crippen molar-refractivity contribution in [3.63, 3.8) is 0 Å². The van der Waals surface area contributed by atoms with Gasteiger partial charge in [0.2, 0.25) is 0 Å². The molecule has 0 fully saturated rings. The summed E-state index contributed by atoms with van der Waals surface area (Å²) in [6.07, 6.45) is 1.03. The molecule has 1 heterocycles. The van der Waals surface area contributed by atoms with Crippen molar-refractivity contribution in [1.29, 1.82) is 0 Å². The van der Waals surface area contributed by atoms with Crippen LogP contribution in [0.3, 0.4) is 0 Å². The lowest BCUT2D eigenvalue weighted by molar-refractivity contribution is 0.974. The summed E-state index contributed by atoms with van der Waals surface area (Å²) >= 11 is 13.2. The van der Waals surface area contributed by atoms with E-state index < -0.39 is 0 Å². The van der Waals surface area contributed by atoms with Crippen LogP contribution < -0.4 is 5.32 Å². The zero-order valence-corrected chi connectivity index (χ0v) is 11.5. The molecule has 0 saturated carbocycles. The minimum Gasteiger partial charge on any atom is -0.367 e. The first-order valence-electron chi connectivity index (χ1n) is 5.24. The number of nitrogens with zero attached hydrogens (tertiary/aromatic N) is 2. The molecule has 0 spiro atoms. The van der Waals surface area contributed by atoms with Crippen LogP contribution in [-0.4, -0.2) is 15.3 Å². The standard InChI is InChI=1S/C11H11Cl2N3S/c1-2-5-14-11-10(15-17-16-11)8-4-3-7(12)6-9(8)13/h3-4,6H,2,5H2,1H3,(H,14,16). The maximum Gasteiger partial charge on any atom is 0.168 e. The first kappa shape index (κ1) is 12.6. The van der Waals surface area contributed by atoms with Gasteiger partial charge in [-0.15, -0.1) is 0 Å². The van der Waals surface area contributed by atoms with Crippen molar-refractivity contribution in [2.75, 3.05) is 11.9 Å². The molecule has 0 aliphatic heterocycles. The fourth-order valence-corrected chi connectivity index (χ4v) is 2.44. The van der Waals surface area contributed by atoms with Gasteiger partial charge in [0.25, 0.3) is 0 Å². The number of anilines is 1. The van der Waals surface area contributed by atoms with Crippen LogP contribution in [0.4, 0.5) is 5.82 Å². The van der Waals surface area contributed by atoms with E-state index in [4.69, 9.17) is 23.2 Å². The van der Waals surface area contributed by atoms with Gasteiger partial charge < -0.3 is 5.32 Å². The molecule has 0 atom stereocenters. The molecule has 17 heavy (non-hydrogen) atoms. The Hall–Kier alpha value is -0.840. The van der Waals surface area contributed by atoms with E-state index in [0.717, 1.165) is 30.0 Å². The van der Waals surface area contributed by atoms with Crippen molar-refractivity contribution in [1.82, 2.24) is 8.75 Å². The number of halogens is 2. The van der Waals surface area contributed by atoms with Crippen LogP contribution in [0.5, 0.6) is 0 Å². The number of benzene rings is 1. The Kier molecular flexibility index (Phi) is 4.20. The lowest BCUT2D eigenvalue weighted by atomic mass is 10.1. The zero-order chi connectivity index (χ0) is 12.3. The fourth-order valence-electron chi connectivity index (χ4n) is 1.41. The highest BCUT2D eigenvalue weighted by Crippen LogP contribution is 2.33. The van der Waals surface area contributed by atoms with Gasteiger partial charge in [-0.1, -0.05) is 30.1 Å². The van der Waals surface area contributed by atoms with Gasteiger partial charge in [0, 0.05) is 17.1 Å². The number of hydrogen-bond acceptors (Lipinski definition) is 4. The Morgan fingerprint density at radius 2 is 2.12 bits per heavy atom. The molecule has 1 aromatic heterocycles. The molecule has 0 amide bonds. The second-order valence-electron chi connectivity index (χ2n) is 3.51. The van der Waals surface area contributed by atoms with E-state index in [9.17, 15) is 0 Å². The summed E-state index contributed by atoms with van der Waals surface area (Å²) in [5.41, 5.74) is 1.63. The predicted molar refractivity (Wildman–Crippen MR) is 74.1 cm³/mol.